The van der Waals surface area contributed by atoms with Gasteiger partial charge in [-0.2, -0.15) is 5.26 Å². The molecule has 0 amide bonds. The molecule has 2 aromatic rings. The average molecular weight is 187 g/mol. The second-order valence-corrected chi connectivity index (χ2v) is 3.17. The Morgan fingerprint density at radius 2 is 2.00 bits per heavy atom. The molecule has 14 heavy (non-hydrogen) atoms. The van der Waals surface area contributed by atoms with Gasteiger partial charge >= 0.3 is 0 Å². The minimum absolute atomic E-state index is 0.0698. The summed E-state index contributed by atoms with van der Waals surface area (Å²) in [7, 11) is 3.45. The van der Waals surface area contributed by atoms with Crippen LogP contribution >= 0.6 is 0 Å². The average Bonchev–Trinajstić information content (AvgIpc) is 2.44. The van der Waals surface area contributed by atoms with E-state index in [4.69, 9.17) is 5.26 Å². The molecule has 2 rings (SSSR count). The molecular weight excluding hydrogens is 178 g/mol. The molecule has 0 aliphatic carbocycles. The van der Waals surface area contributed by atoms with E-state index in [1.807, 2.05) is 0 Å². The van der Waals surface area contributed by atoms with E-state index in [1.165, 1.54) is 4.68 Å². The zero-order valence-electron chi connectivity index (χ0n) is 7.98. The standard InChI is InChI=1S/C10H9N3O/c1-12-9-7(6-11)4-3-5-8(9)10(14)13(12)2/h3-5H,1-2H3. The fraction of sp³-hybridized carbons (Fsp3) is 0.200. The minimum Gasteiger partial charge on any atom is -0.284 e. The maximum absolute atomic E-state index is 11.6. The highest BCUT2D eigenvalue weighted by atomic mass is 16.1. The summed E-state index contributed by atoms with van der Waals surface area (Å²) in [5.74, 6) is 0. The molecule has 0 saturated heterocycles. The van der Waals surface area contributed by atoms with Gasteiger partial charge in [-0.05, 0) is 12.1 Å². The van der Waals surface area contributed by atoms with Gasteiger partial charge in [0, 0.05) is 14.1 Å². The van der Waals surface area contributed by atoms with Gasteiger partial charge in [0.05, 0.1) is 16.5 Å². The lowest BCUT2D eigenvalue weighted by Crippen LogP contribution is -2.16. The predicted molar refractivity (Wildman–Crippen MR) is 52.9 cm³/mol. The Morgan fingerprint density at radius 3 is 2.64 bits per heavy atom. The highest BCUT2D eigenvalue weighted by Gasteiger charge is 2.10. The summed E-state index contributed by atoms with van der Waals surface area (Å²) in [6, 6.07) is 7.25. The number of benzene rings is 1. The van der Waals surface area contributed by atoms with Crippen molar-refractivity contribution in [2.75, 3.05) is 0 Å². The highest BCUT2D eigenvalue weighted by molar-refractivity contribution is 5.84. The summed E-state index contributed by atoms with van der Waals surface area (Å²) in [5.41, 5.74) is 1.16. The van der Waals surface area contributed by atoms with Gasteiger partial charge < -0.3 is 0 Å². The lowest BCUT2D eigenvalue weighted by Gasteiger charge is -2.00. The molecule has 0 atom stereocenters. The van der Waals surface area contributed by atoms with Crippen LogP contribution in [0.2, 0.25) is 0 Å². The monoisotopic (exact) mass is 187 g/mol. The van der Waals surface area contributed by atoms with Gasteiger partial charge in [0.2, 0.25) is 0 Å². The third-order valence-corrected chi connectivity index (χ3v) is 2.45. The molecule has 4 nitrogen and oxygen atoms in total. The van der Waals surface area contributed by atoms with Gasteiger partial charge in [-0.3, -0.25) is 14.2 Å². The lowest BCUT2D eigenvalue weighted by atomic mass is 10.1. The van der Waals surface area contributed by atoms with Crippen molar-refractivity contribution in [2.45, 2.75) is 0 Å². The predicted octanol–water partition coefficient (Wildman–Crippen LogP) is 0.749. The Morgan fingerprint density at radius 1 is 1.29 bits per heavy atom. The van der Waals surface area contributed by atoms with Crippen molar-refractivity contribution in [1.82, 2.24) is 9.36 Å². The number of hydrogen-bond acceptors (Lipinski definition) is 2. The number of para-hydroxylation sites is 1. The highest BCUT2D eigenvalue weighted by Crippen LogP contribution is 2.14. The number of nitrogens with zero attached hydrogens (tertiary/aromatic N) is 3. The molecule has 4 heteroatoms. The fourth-order valence-corrected chi connectivity index (χ4v) is 1.62. The molecule has 70 valence electrons. The molecule has 1 heterocycles. The lowest BCUT2D eigenvalue weighted by molar-refractivity contribution is 0.595. The molecule has 0 spiro atoms. The van der Waals surface area contributed by atoms with E-state index in [2.05, 4.69) is 6.07 Å². The van der Waals surface area contributed by atoms with Crippen molar-refractivity contribution in [3.05, 3.63) is 34.1 Å². The minimum atomic E-state index is -0.0698. The largest absolute Gasteiger partial charge is 0.284 e. The van der Waals surface area contributed by atoms with Crippen LogP contribution in [-0.2, 0) is 14.1 Å². The van der Waals surface area contributed by atoms with Crippen LogP contribution < -0.4 is 5.56 Å². The maximum Gasteiger partial charge on any atom is 0.274 e. The zero-order chi connectivity index (χ0) is 10.3. The SMILES string of the molecule is Cn1c(=O)c2cccc(C#N)c2n1C. The quantitative estimate of drug-likeness (QED) is 0.611. The van der Waals surface area contributed by atoms with Crippen LogP contribution in [0.4, 0.5) is 0 Å². The first-order valence-corrected chi connectivity index (χ1v) is 4.21. The van der Waals surface area contributed by atoms with Crippen LogP contribution in [-0.4, -0.2) is 9.36 Å². The first-order valence-electron chi connectivity index (χ1n) is 4.21. The number of aromatic nitrogens is 2. The molecule has 0 N–H and O–H groups in total. The van der Waals surface area contributed by atoms with Gasteiger partial charge in [0.1, 0.15) is 6.07 Å². The summed E-state index contributed by atoms with van der Waals surface area (Å²) in [4.78, 5) is 11.6. The van der Waals surface area contributed by atoms with Crippen LogP contribution in [0.5, 0.6) is 0 Å². The van der Waals surface area contributed by atoms with Crippen LogP contribution in [0.25, 0.3) is 10.9 Å². The van der Waals surface area contributed by atoms with Crippen molar-refractivity contribution < 1.29 is 0 Å². The van der Waals surface area contributed by atoms with Crippen LogP contribution in [0.1, 0.15) is 5.56 Å². The molecular formula is C10H9N3O. The smallest absolute Gasteiger partial charge is 0.274 e. The van der Waals surface area contributed by atoms with Crippen molar-refractivity contribution in [3.8, 4) is 6.07 Å². The maximum atomic E-state index is 11.6. The van der Waals surface area contributed by atoms with Crippen LogP contribution in [0.15, 0.2) is 23.0 Å². The first-order chi connectivity index (χ1) is 6.66. The fourth-order valence-electron chi connectivity index (χ4n) is 1.62. The number of nitriles is 1. The van der Waals surface area contributed by atoms with Gasteiger partial charge in [-0.25, -0.2) is 0 Å². The number of aryl methyl sites for hydroxylation is 1. The molecule has 0 radical (unpaired) electrons. The molecule has 0 aliphatic rings. The van der Waals surface area contributed by atoms with E-state index in [-0.39, 0.29) is 5.56 Å². The van der Waals surface area contributed by atoms with E-state index in [0.717, 1.165) is 0 Å². The summed E-state index contributed by atoms with van der Waals surface area (Å²) in [5, 5.41) is 9.48. The molecule has 1 aromatic carbocycles. The number of hydrogen-bond donors (Lipinski definition) is 0. The third-order valence-electron chi connectivity index (χ3n) is 2.45. The summed E-state index contributed by atoms with van der Waals surface area (Å²) >= 11 is 0. The van der Waals surface area contributed by atoms with E-state index < -0.39 is 0 Å². The van der Waals surface area contributed by atoms with E-state index in [0.29, 0.717) is 16.5 Å². The van der Waals surface area contributed by atoms with Crippen LogP contribution in [0, 0.1) is 11.3 Å². The normalized spacial score (nSPS) is 10.4. The molecule has 0 unspecified atom stereocenters. The molecule has 1 aromatic heterocycles. The number of rotatable bonds is 0. The third kappa shape index (κ3) is 0.895. The van der Waals surface area contributed by atoms with Crippen molar-refractivity contribution in [1.29, 1.82) is 5.26 Å². The van der Waals surface area contributed by atoms with Crippen molar-refractivity contribution in [3.63, 3.8) is 0 Å². The Balaban J connectivity index is 3.12. The second-order valence-electron chi connectivity index (χ2n) is 3.17. The Kier molecular flexibility index (Phi) is 1.68. The van der Waals surface area contributed by atoms with Gasteiger partial charge in [-0.15, -0.1) is 0 Å². The Hall–Kier alpha value is -2.02. The van der Waals surface area contributed by atoms with E-state index in [9.17, 15) is 4.79 Å². The summed E-state index contributed by atoms with van der Waals surface area (Å²) < 4.78 is 3.18. The molecule has 0 fully saturated rings. The van der Waals surface area contributed by atoms with E-state index in [1.54, 1.807) is 37.0 Å². The molecule has 0 aliphatic heterocycles. The topological polar surface area (TPSA) is 50.7 Å². The van der Waals surface area contributed by atoms with Gasteiger partial charge in [0.25, 0.3) is 5.56 Å². The molecule has 0 saturated carbocycles. The van der Waals surface area contributed by atoms with Crippen molar-refractivity contribution >= 4 is 10.9 Å². The van der Waals surface area contributed by atoms with Crippen LogP contribution in [0.3, 0.4) is 0 Å². The first kappa shape index (κ1) is 8.57. The molecule has 0 bridgehead atoms. The van der Waals surface area contributed by atoms with Gasteiger partial charge in [0.15, 0.2) is 0 Å². The Labute approximate surface area is 80.6 Å². The summed E-state index contributed by atoms with van der Waals surface area (Å²) in [6.45, 7) is 0. The number of fused-ring (bicyclic) bond motifs is 1. The second kappa shape index (κ2) is 2.74. The van der Waals surface area contributed by atoms with E-state index >= 15 is 0 Å². The Bertz CT molecular complexity index is 598. The van der Waals surface area contributed by atoms with Gasteiger partial charge in [-0.1, -0.05) is 6.07 Å². The summed E-state index contributed by atoms with van der Waals surface area (Å²) in [6.07, 6.45) is 0. The zero-order valence-corrected chi connectivity index (χ0v) is 7.98. The van der Waals surface area contributed by atoms with Crippen molar-refractivity contribution in [2.24, 2.45) is 14.1 Å².